The lowest BCUT2D eigenvalue weighted by Crippen LogP contribution is -2.40. The van der Waals surface area contributed by atoms with Gasteiger partial charge in [0.2, 0.25) is 11.8 Å². The molecule has 1 aromatic rings. The van der Waals surface area contributed by atoms with Crippen molar-refractivity contribution in [3.63, 3.8) is 0 Å². The quantitative estimate of drug-likeness (QED) is 0.868. The van der Waals surface area contributed by atoms with Crippen molar-refractivity contribution < 1.29 is 9.59 Å². The third-order valence-corrected chi connectivity index (χ3v) is 3.68. The van der Waals surface area contributed by atoms with Crippen LogP contribution in [0.4, 0.5) is 0 Å². The van der Waals surface area contributed by atoms with Crippen LogP contribution < -0.4 is 11.1 Å². The Morgan fingerprint density at radius 3 is 2.32 bits per heavy atom. The smallest absolute Gasteiger partial charge is 0.244 e. The summed E-state index contributed by atoms with van der Waals surface area (Å²) in [6, 6.07) is 8.41. The number of carbonyl (C=O) groups is 2. The predicted molar refractivity (Wildman–Crippen MR) is 73.1 cm³/mol. The first-order chi connectivity index (χ1) is 9.18. The zero-order chi connectivity index (χ0) is 13.7. The molecular formula is C15H20N2O2. The fourth-order valence-electron chi connectivity index (χ4n) is 2.59. The lowest BCUT2D eigenvalue weighted by atomic mass is 9.88. The van der Waals surface area contributed by atoms with Gasteiger partial charge >= 0.3 is 0 Å². The number of primary amides is 1. The molecule has 1 atom stereocenters. The van der Waals surface area contributed by atoms with Gasteiger partial charge in [-0.1, -0.05) is 49.6 Å². The second-order valence-electron chi connectivity index (χ2n) is 5.09. The Balaban J connectivity index is 2.04. The summed E-state index contributed by atoms with van der Waals surface area (Å²) in [4.78, 5) is 23.7. The van der Waals surface area contributed by atoms with E-state index in [1.807, 2.05) is 18.2 Å². The average molecular weight is 260 g/mol. The molecule has 1 saturated carbocycles. The molecule has 1 fully saturated rings. The minimum atomic E-state index is -0.726. The maximum Gasteiger partial charge on any atom is 0.244 e. The normalized spacial score (nSPS) is 17.7. The van der Waals surface area contributed by atoms with Gasteiger partial charge in [-0.05, 0) is 18.4 Å². The summed E-state index contributed by atoms with van der Waals surface area (Å²) in [6.07, 6.45) is 5.19. The van der Waals surface area contributed by atoms with Gasteiger partial charge in [0.1, 0.15) is 6.04 Å². The van der Waals surface area contributed by atoms with Crippen LogP contribution in [0.2, 0.25) is 0 Å². The van der Waals surface area contributed by atoms with Gasteiger partial charge in [0.15, 0.2) is 0 Å². The molecule has 3 N–H and O–H groups in total. The molecule has 0 bridgehead atoms. The van der Waals surface area contributed by atoms with Crippen LogP contribution in [-0.4, -0.2) is 11.8 Å². The molecule has 0 aliphatic heterocycles. The van der Waals surface area contributed by atoms with E-state index in [2.05, 4.69) is 5.32 Å². The Morgan fingerprint density at radius 1 is 1.11 bits per heavy atom. The Kier molecular flexibility index (Phi) is 4.55. The van der Waals surface area contributed by atoms with Gasteiger partial charge in [-0.2, -0.15) is 0 Å². The molecule has 0 radical (unpaired) electrons. The third kappa shape index (κ3) is 3.56. The van der Waals surface area contributed by atoms with Gasteiger partial charge in [0.05, 0.1) is 0 Å². The number of benzene rings is 1. The SMILES string of the molecule is NC(=O)[C@H](NC(=O)C1CCCCC1)c1ccccc1. The van der Waals surface area contributed by atoms with E-state index in [9.17, 15) is 9.59 Å². The van der Waals surface area contributed by atoms with Crippen LogP contribution in [0.1, 0.15) is 43.7 Å². The molecule has 1 aliphatic carbocycles. The number of nitrogens with one attached hydrogen (secondary N) is 1. The molecule has 1 aromatic carbocycles. The molecule has 2 rings (SSSR count). The Hall–Kier alpha value is -1.84. The number of amides is 2. The fraction of sp³-hybridized carbons (Fsp3) is 0.467. The lowest BCUT2D eigenvalue weighted by Gasteiger charge is -2.23. The minimum absolute atomic E-state index is 0.0271. The largest absolute Gasteiger partial charge is 0.368 e. The third-order valence-electron chi connectivity index (χ3n) is 3.68. The number of hydrogen-bond donors (Lipinski definition) is 2. The highest BCUT2D eigenvalue weighted by atomic mass is 16.2. The van der Waals surface area contributed by atoms with Crippen molar-refractivity contribution in [3.8, 4) is 0 Å². The minimum Gasteiger partial charge on any atom is -0.368 e. The highest BCUT2D eigenvalue weighted by Crippen LogP contribution is 2.24. The van der Waals surface area contributed by atoms with Gasteiger partial charge in [-0.15, -0.1) is 0 Å². The monoisotopic (exact) mass is 260 g/mol. The van der Waals surface area contributed by atoms with E-state index in [1.165, 1.54) is 6.42 Å². The molecule has 0 aromatic heterocycles. The maximum absolute atomic E-state index is 12.2. The molecule has 0 saturated heterocycles. The van der Waals surface area contributed by atoms with E-state index in [0.29, 0.717) is 0 Å². The Labute approximate surface area is 113 Å². The summed E-state index contributed by atoms with van der Waals surface area (Å²) in [7, 11) is 0. The molecule has 102 valence electrons. The van der Waals surface area contributed by atoms with Crippen LogP contribution in [0, 0.1) is 5.92 Å². The summed E-state index contributed by atoms with van der Waals surface area (Å²) in [6.45, 7) is 0. The molecule has 0 heterocycles. The van der Waals surface area contributed by atoms with Crippen molar-refractivity contribution in [2.45, 2.75) is 38.1 Å². The van der Waals surface area contributed by atoms with Gasteiger partial charge in [0, 0.05) is 5.92 Å². The van der Waals surface area contributed by atoms with Gasteiger partial charge in [0.25, 0.3) is 0 Å². The summed E-state index contributed by atoms with van der Waals surface area (Å²) >= 11 is 0. The second-order valence-corrected chi connectivity index (χ2v) is 5.09. The number of hydrogen-bond acceptors (Lipinski definition) is 2. The van der Waals surface area contributed by atoms with Crippen molar-refractivity contribution in [1.29, 1.82) is 0 Å². The lowest BCUT2D eigenvalue weighted by molar-refractivity contribution is -0.130. The first kappa shape index (κ1) is 13.6. The number of nitrogens with two attached hydrogens (primary N) is 1. The van der Waals surface area contributed by atoms with Crippen LogP contribution in [0.15, 0.2) is 30.3 Å². The van der Waals surface area contributed by atoms with Crippen LogP contribution in [0.3, 0.4) is 0 Å². The van der Waals surface area contributed by atoms with Crippen LogP contribution in [-0.2, 0) is 9.59 Å². The van der Waals surface area contributed by atoms with Crippen molar-refractivity contribution in [2.75, 3.05) is 0 Å². The van der Waals surface area contributed by atoms with Crippen LogP contribution in [0.5, 0.6) is 0 Å². The van der Waals surface area contributed by atoms with Crippen molar-refractivity contribution >= 4 is 11.8 Å². The van der Waals surface area contributed by atoms with Crippen LogP contribution in [0.25, 0.3) is 0 Å². The van der Waals surface area contributed by atoms with E-state index in [1.54, 1.807) is 12.1 Å². The summed E-state index contributed by atoms with van der Waals surface area (Å²) in [5.41, 5.74) is 6.13. The number of rotatable bonds is 4. The summed E-state index contributed by atoms with van der Waals surface area (Å²) in [5, 5.41) is 2.79. The topological polar surface area (TPSA) is 72.2 Å². The van der Waals surface area contributed by atoms with Crippen molar-refractivity contribution in [3.05, 3.63) is 35.9 Å². The number of carbonyl (C=O) groups excluding carboxylic acids is 2. The fourth-order valence-corrected chi connectivity index (χ4v) is 2.59. The molecular weight excluding hydrogens is 240 g/mol. The van der Waals surface area contributed by atoms with Crippen molar-refractivity contribution in [2.24, 2.45) is 11.7 Å². The molecule has 1 aliphatic rings. The van der Waals surface area contributed by atoms with E-state index in [4.69, 9.17) is 5.73 Å². The standard InChI is InChI=1S/C15H20N2O2/c16-14(18)13(11-7-3-1-4-8-11)17-15(19)12-9-5-2-6-10-12/h1,3-4,7-8,12-13H,2,5-6,9-10H2,(H2,16,18)(H,17,19)/t13-/m1/s1. The van der Waals surface area contributed by atoms with E-state index < -0.39 is 11.9 Å². The van der Waals surface area contributed by atoms with Gasteiger partial charge in [-0.3, -0.25) is 9.59 Å². The Morgan fingerprint density at radius 2 is 1.74 bits per heavy atom. The zero-order valence-electron chi connectivity index (χ0n) is 11.0. The van der Waals surface area contributed by atoms with E-state index >= 15 is 0 Å². The van der Waals surface area contributed by atoms with Gasteiger partial charge < -0.3 is 11.1 Å². The molecule has 4 nitrogen and oxygen atoms in total. The first-order valence-electron chi connectivity index (χ1n) is 6.83. The molecule has 2 amide bonds. The summed E-state index contributed by atoms with van der Waals surface area (Å²) < 4.78 is 0. The van der Waals surface area contributed by atoms with E-state index in [-0.39, 0.29) is 11.8 Å². The highest BCUT2D eigenvalue weighted by Gasteiger charge is 2.26. The molecule has 0 unspecified atom stereocenters. The maximum atomic E-state index is 12.2. The summed E-state index contributed by atoms with van der Waals surface area (Å²) in [5.74, 6) is -0.540. The van der Waals surface area contributed by atoms with E-state index in [0.717, 1.165) is 31.2 Å². The predicted octanol–water partition coefficient (Wildman–Crippen LogP) is 1.91. The highest BCUT2D eigenvalue weighted by molar-refractivity contribution is 5.88. The van der Waals surface area contributed by atoms with Crippen molar-refractivity contribution in [1.82, 2.24) is 5.32 Å². The molecule has 4 heteroatoms. The van der Waals surface area contributed by atoms with Gasteiger partial charge in [-0.25, -0.2) is 0 Å². The Bertz CT molecular complexity index is 439. The zero-order valence-corrected chi connectivity index (χ0v) is 11.0. The average Bonchev–Trinajstić information content (AvgIpc) is 2.46. The second kappa shape index (κ2) is 6.36. The van der Waals surface area contributed by atoms with Crippen LogP contribution >= 0.6 is 0 Å². The first-order valence-corrected chi connectivity index (χ1v) is 6.83. The molecule has 19 heavy (non-hydrogen) atoms. The molecule has 0 spiro atoms.